The Kier molecular flexibility index (Phi) is 7.25. The van der Waals surface area contributed by atoms with Crippen molar-refractivity contribution in [1.29, 1.82) is 0 Å². The third kappa shape index (κ3) is 10.4. The molecule has 11 heavy (non-hydrogen) atoms. The summed E-state index contributed by atoms with van der Waals surface area (Å²) in [6.07, 6.45) is 0.717. The summed E-state index contributed by atoms with van der Waals surface area (Å²) in [6.45, 7) is 8.22. The molecule has 0 atom stereocenters. The molecule has 0 saturated carbocycles. The fourth-order valence-corrected chi connectivity index (χ4v) is 2.02. The van der Waals surface area contributed by atoms with Gasteiger partial charge in [0.15, 0.2) is 0 Å². The second kappa shape index (κ2) is 7.03. The third-order valence-corrected chi connectivity index (χ3v) is 3.21. The van der Waals surface area contributed by atoms with Crippen LogP contribution >= 0.6 is 0 Å². The Bertz CT molecular complexity index is 76.5. The molecule has 0 aromatic rings. The summed E-state index contributed by atoms with van der Waals surface area (Å²) in [5.41, 5.74) is 1.05. The van der Waals surface area contributed by atoms with Crippen molar-refractivity contribution in [2.24, 2.45) is 0 Å². The van der Waals surface area contributed by atoms with Crippen LogP contribution in [0.15, 0.2) is 0 Å². The van der Waals surface area contributed by atoms with Crippen LogP contribution in [0, 0.1) is 0 Å². The van der Waals surface area contributed by atoms with Crippen LogP contribution in [-0.4, -0.2) is 31.7 Å². The van der Waals surface area contributed by atoms with E-state index in [1.165, 1.54) is 0 Å². The fraction of sp³-hybridized carbons (Fsp3) is 1.00. The summed E-state index contributed by atoms with van der Waals surface area (Å²) in [5, 5.41) is 0. The molecule has 0 aromatic carbocycles. The van der Waals surface area contributed by atoms with Crippen LogP contribution in [0.1, 0.15) is 27.7 Å². The van der Waals surface area contributed by atoms with Crippen LogP contribution in [0.25, 0.3) is 0 Å². The van der Waals surface area contributed by atoms with Gasteiger partial charge in [0, 0.05) is 12.2 Å². The second-order valence-electron chi connectivity index (χ2n) is 2.80. The molecular formula is C7H16O2Si2. The molecule has 0 bridgehead atoms. The Morgan fingerprint density at radius 3 is 1.55 bits per heavy atom. The van der Waals surface area contributed by atoms with Crippen molar-refractivity contribution >= 4 is 19.5 Å². The minimum Gasteiger partial charge on any atom is -0.415 e. The SMILES string of the molecule is CC(C)O[Si]C[Si]OC(C)C. The molecule has 0 aliphatic rings. The van der Waals surface area contributed by atoms with Crippen molar-refractivity contribution in [2.45, 2.75) is 45.6 Å². The molecule has 0 N–H and O–H groups in total. The minimum absolute atomic E-state index is 0.359. The summed E-state index contributed by atoms with van der Waals surface area (Å²) in [5.74, 6) is 0. The van der Waals surface area contributed by atoms with E-state index >= 15 is 0 Å². The van der Waals surface area contributed by atoms with E-state index in [4.69, 9.17) is 8.85 Å². The summed E-state index contributed by atoms with van der Waals surface area (Å²) >= 11 is 0. The lowest BCUT2D eigenvalue weighted by Gasteiger charge is -2.07. The van der Waals surface area contributed by atoms with Crippen LogP contribution in [0.4, 0.5) is 0 Å². The molecule has 0 aliphatic heterocycles. The number of rotatable bonds is 6. The van der Waals surface area contributed by atoms with E-state index in [1.807, 2.05) is 0 Å². The zero-order valence-electron chi connectivity index (χ0n) is 7.68. The molecule has 0 heterocycles. The van der Waals surface area contributed by atoms with Crippen molar-refractivity contribution in [3.8, 4) is 0 Å². The minimum atomic E-state index is 0.359. The maximum Gasteiger partial charge on any atom is 0.229 e. The standard InChI is InChI=1S/C7H16O2Si2/c1-6(2)8-10-5-11-9-7(3)4/h6-7H,5H2,1-4H3. The highest BCUT2D eigenvalue weighted by Crippen LogP contribution is 1.90. The van der Waals surface area contributed by atoms with E-state index in [0.29, 0.717) is 31.7 Å². The van der Waals surface area contributed by atoms with Crippen molar-refractivity contribution in [3.63, 3.8) is 0 Å². The third-order valence-electron chi connectivity index (χ3n) is 0.782. The predicted octanol–water partition coefficient (Wildman–Crippen LogP) is 1.45. The molecule has 0 spiro atoms. The molecule has 0 fully saturated rings. The Balaban J connectivity index is 2.91. The van der Waals surface area contributed by atoms with E-state index < -0.39 is 0 Å². The molecule has 4 radical (unpaired) electrons. The number of hydrogen-bond donors (Lipinski definition) is 0. The van der Waals surface area contributed by atoms with Gasteiger partial charge in [-0.15, -0.1) is 0 Å². The van der Waals surface area contributed by atoms with Gasteiger partial charge in [0.1, 0.15) is 0 Å². The van der Waals surface area contributed by atoms with Gasteiger partial charge in [-0.2, -0.15) is 0 Å². The van der Waals surface area contributed by atoms with Gasteiger partial charge in [-0.1, -0.05) is 0 Å². The van der Waals surface area contributed by atoms with Crippen molar-refractivity contribution < 1.29 is 8.85 Å². The summed E-state index contributed by atoms with van der Waals surface area (Å²) in [6, 6.07) is 0. The van der Waals surface area contributed by atoms with Crippen LogP contribution in [-0.2, 0) is 8.85 Å². The first-order chi connectivity index (χ1) is 5.13. The largest absolute Gasteiger partial charge is 0.415 e. The molecule has 64 valence electrons. The van der Waals surface area contributed by atoms with Gasteiger partial charge < -0.3 is 8.85 Å². The lowest BCUT2D eigenvalue weighted by atomic mass is 10.5. The van der Waals surface area contributed by atoms with Crippen LogP contribution in [0.2, 0.25) is 5.67 Å². The average molecular weight is 188 g/mol. The van der Waals surface area contributed by atoms with E-state index in [1.54, 1.807) is 0 Å². The first-order valence-electron chi connectivity index (χ1n) is 3.90. The lowest BCUT2D eigenvalue weighted by Crippen LogP contribution is -2.13. The van der Waals surface area contributed by atoms with E-state index in [2.05, 4.69) is 27.7 Å². The highest BCUT2D eigenvalue weighted by Gasteiger charge is 1.99. The second-order valence-corrected chi connectivity index (χ2v) is 5.26. The van der Waals surface area contributed by atoms with E-state index in [9.17, 15) is 0 Å². The first kappa shape index (κ1) is 11.4. The molecular weight excluding hydrogens is 172 g/mol. The summed E-state index contributed by atoms with van der Waals surface area (Å²) in [4.78, 5) is 0. The van der Waals surface area contributed by atoms with Gasteiger partial charge in [-0.05, 0) is 33.4 Å². The highest BCUT2D eigenvalue weighted by atomic mass is 28.3. The van der Waals surface area contributed by atoms with Crippen molar-refractivity contribution in [1.82, 2.24) is 0 Å². The van der Waals surface area contributed by atoms with Gasteiger partial charge >= 0.3 is 0 Å². The normalized spacial score (nSPS) is 11.5. The topological polar surface area (TPSA) is 18.5 Å². The summed E-state index contributed by atoms with van der Waals surface area (Å²) in [7, 11) is 1.20. The Morgan fingerprint density at radius 1 is 0.909 bits per heavy atom. The molecule has 0 unspecified atom stereocenters. The molecule has 4 heteroatoms. The van der Waals surface area contributed by atoms with E-state index in [-0.39, 0.29) is 0 Å². The van der Waals surface area contributed by atoms with Gasteiger partial charge in [0.2, 0.25) is 19.5 Å². The van der Waals surface area contributed by atoms with Crippen molar-refractivity contribution in [2.75, 3.05) is 0 Å². The monoisotopic (exact) mass is 188 g/mol. The first-order valence-corrected chi connectivity index (χ1v) is 6.13. The Labute approximate surface area is 74.6 Å². The highest BCUT2D eigenvalue weighted by molar-refractivity contribution is 6.48. The molecule has 0 aromatic heterocycles. The van der Waals surface area contributed by atoms with Crippen LogP contribution in [0.3, 0.4) is 0 Å². The quantitative estimate of drug-likeness (QED) is 0.464. The summed E-state index contributed by atoms with van der Waals surface area (Å²) < 4.78 is 10.8. The Hall–Kier alpha value is 0.354. The molecule has 0 amide bonds. The lowest BCUT2D eigenvalue weighted by molar-refractivity contribution is 0.248. The molecule has 0 saturated heterocycles. The fourth-order valence-electron chi connectivity index (χ4n) is 0.446. The maximum atomic E-state index is 5.38. The van der Waals surface area contributed by atoms with Gasteiger partial charge in [-0.3, -0.25) is 0 Å². The average Bonchev–Trinajstić information content (AvgIpc) is 1.85. The van der Waals surface area contributed by atoms with Crippen LogP contribution < -0.4 is 0 Å². The molecule has 2 nitrogen and oxygen atoms in total. The van der Waals surface area contributed by atoms with Gasteiger partial charge in [0.05, 0.1) is 0 Å². The maximum absolute atomic E-state index is 5.38. The Morgan fingerprint density at radius 2 is 1.27 bits per heavy atom. The zero-order chi connectivity index (χ0) is 8.69. The number of hydrogen-bond acceptors (Lipinski definition) is 2. The zero-order valence-corrected chi connectivity index (χ0v) is 9.68. The predicted molar refractivity (Wildman–Crippen MR) is 48.8 cm³/mol. The van der Waals surface area contributed by atoms with Gasteiger partial charge in [0.25, 0.3) is 0 Å². The molecule has 0 rings (SSSR count). The van der Waals surface area contributed by atoms with E-state index in [0.717, 1.165) is 5.67 Å². The van der Waals surface area contributed by atoms with Crippen molar-refractivity contribution in [3.05, 3.63) is 0 Å². The smallest absolute Gasteiger partial charge is 0.229 e. The van der Waals surface area contributed by atoms with Crippen LogP contribution in [0.5, 0.6) is 0 Å². The van der Waals surface area contributed by atoms with Gasteiger partial charge in [-0.25, -0.2) is 0 Å². The molecule has 0 aliphatic carbocycles.